The van der Waals surface area contributed by atoms with Gasteiger partial charge in [-0.2, -0.15) is 0 Å². The van der Waals surface area contributed by atoms with E-state index in [4.69, 9.17) is 22.1 Å². The number of ether oxygens (including phenoxy) is 1. The van der Waals surface area contributed by atoms with Crippen LogP contribution in [0, 0.1) is 6.92 Å². The molecule has 0 saturated heterocycles. The standard InChI is InChI=1S/C12H11ClN2O/c1-8-2-3-10(13)11(6-8)16-9-4-5-15-12(14)7-9/h2-7H,1H3,(H2,14,15). The Bertz CT molecular complexity index is 514. The van der Waals surface area contributed by atoms with Gasteiger partial charge in [-0.25, -0.2) is 4.98 Å². The molecule has 0 aliphatic carbocycles. The number of nitrogen functional groups attached to an aromatic ring is 1. The highest BCUT2D eigenvalue weighted by molar-refractivity contribution is 6.32. The van der Waals surface area contributed by atoms with Gasteiger partial charge in [-0.15, -0.1) is 0 Å². The maximum absolute atomic E-state index is 6.01. The molecular formula is C12H11ClN2O. The smallest absolute Gasteiger partial charge is 0.146 e. The summed E-state index contributed by atoms with van der Waals surface area (Å²) in [5.74, 6) is 1.66. The Morgan fingerprint density at radius 3 is 2.81 bits per heavy atom. The van der Waals surface area contributed by atoms with Gasteiger partial charge in [-0.3, -0.25) is 0 Å². The van der Waals surface area contributed by atoms with Crippen molar-refractivity contribution in [2.75, 3.05) is 5.73 Å². The summed E-state index contributed by atoms with van der Waals surface area (Å²) in [5, 5.41) is 0.570. The number of halogens is 1. The molecule has 4 heteroatoms. The molecule has 0 spiro atoms. The van der Waals surface area contributed by atoms with Gasteiger partial charge in [0.1, 0.15) is 17.3 Å². The molecule has 16 heavy (non-hydrogen) atoms. The van der Waals surface area contributed by atoms with Gasteiger partial charge in [0.2, 0.25) is 0 Å². The minimum Gasteiger partial charge on any atom is -0.456 e. The number of hydrogen-bond acceptors (Lipinski definition) is 3. The van der Waals surface area contributed by atoms with E-state index in [2.05, 4.69) is 4.98 Å². The largest absolute Gasteiger partial charge is 0.456 e. The minimum atomic E-state index is 0.418. The summed E-state index contributed by atoms with van der Waals surface area (Å²) >= 11 is 6.01. The summed E-state index contributed by atoms with van der Waals surface area (Å²) in [6.07, 6.45) is 1.59. The lowest BCUT2D eigenvalue weighted by molar-refractivity contribution is 0.482. The second-order valence-corrected chi connectivity index (χ2v) is 3.86. The van der Waals surface area contributed by atoms with Crippen molar-refractivity contribution < 1.29 is 4.74 Å². The summed E-state index contributed by atoms with van der Waals surface area (Å²) in [4.78, 5) is 3.89. The molecule has 0 fully saturated rings. The number of benzene rings is 1. The van der Waals surface area contributed by atoms with Crippen LogP contribution in [-0.4, -0.2) is 4.98 Å². The fraction of sp³-hybridized carbons (Fsp3) is 0.0833. The quantitative estimate of drug-likeness (QED) is 0.866. The van der Waals surface area contributed by atoms with Crippen molar-refractivity contribution in [3.05, 3.63) is 47.1 Å². The van der Waals surface area contributed by atoms with E-state index in [9.17, 15) is 0 Å². The monoisotopic (exact) mass is 234 g/mol. The fourth-order valence-corrected chi connectivity index (χ4v) is 1.46. The predicted octanol–water partition coefficient (Wildman–Crippen LogP) is 3.42. The van der Waals surface area contributed by atoms with E-state index in [0.717, 1.165) is 5.56 Å². The molecule has 1 heterocycles. The third kappa shape index (κ3) is 2.44. The molecule has 0 atom stereocenters. The van der Waals surface area contributed by atoms with E-state index in [1.165, 1.54) is 0 Å². The van der Waals surface area contributed by atoms with Crippen LogP contribution in [0.2, 0.25) is 5.02 Å². The van der Waals surface area contributed by atoms with Crippen molar-refractivity contribution in [2.45, 2.75) is 6.92 Å². The molecule has 0 aliphatic rings. The minimum absolute atomic E-state index is 0.418. The number of rotatable bonds is 2. The second-order valence-electron chi connectivity index (χ2n) is 3.45. The molecule has 0 amide bonds. The zero-order valence-electron chi connectivity index (χ0n) is 8.77. The van der Waals surface area contributed by atoms with Crippen LogP contribution in [0.1, 0.15) is 5.56 Å². The first-order valence-electron chi connectivity index (χ1n) is 4.81. The van der Waals surface area contributed by atoms with Gasteiger partial charge in [-0.05, 0) is 30.7 Å². The van der Waals surface area contributed by atoms with Crippen LogP contribution in [0.5, 0.6) is 11.5 Å². The van der Waals surface area contributed by atoms with E-state index in [1.54, 1.807) is 24.4 Å². The average molecular weight is 235 g/mol. The Morgan fingerprint density at radius 2 is 2.06 bits per heavy atom. The van der Waals surface area contributed by atoms with E-state index < -0.39 is 0 Å². The first-order valence-corrected chi connectivity index (χ1v) is 5.18. The molecule has 1 aromatic heterocycles. The van der Waals surface area contributed by atoms with Gasteiger partial charge in [0, 0.05) is 12.3 Å². The number of nitrogens with zero attached hydrogens (tertiary/aromatic N) is 1. The zero-order valence-corrected chi connectivity index (χ0v) is 9.53. The van der Waals surface area contributed by atoms with Crippen molar-refractivity contribution >= 4 is 17.4 Å². The van der Waals surface area contributed by atoms with Gasteiger partial charge in [0.25, 0.3) is 0 Å². The van der Waals surface area contributed by atoms with Crippen molar-refractivity contribution in [3.8, 4) is 11.5 Å². The van der Waals surface area contributed by atoms with Crippen molar-refractivity contribution in [1.29, 1.82) is 0 Å². The van der Waals surface area contributed by atoms with Crippen LogP contribution >= 0.6 is 11.6 Å². The number of nitrogens with two attached hydrogens (primary N) is 1. The van der Waals surface area contributed by atoms with Crippen LogP contribution in [0.15, 0.2) is 36.5 Å². The second kappa shape index (κ2) is 4.41. The average Bonchev–Trinajstić information content (AvgIpc) is 2.24. The van der Waals surface area contributed by atoms with Crippen molar-refractivity contribution in [1.82, 2.24) is 4.98 Å². The van der Waals surface area contributed by atoms with Crippen LogP contribution in [0.25, 0.3) is 0 Å². The highest BCUT2D eigenvalue weighted by Gasteiger charge is 2.03. The normalized spacial score (nSPS) is 10.1. The van der Waals surface area contributed by atoms with E-state index in [0.29, 0.717) is 22.3 Å². The van der Waals surface area contributed by atoms with Gasteiger partial charge in [0.15, 0.2) is 0 Å². The number of pyridine rings is 1. The molecule has 2 N–H and O–H groups in total. The third-order valence-electron chi connectivity index (χ3n) is 2.07. The summed E-state index contributed by atoms with van der Waals surface area (Å²) in [5.41, 5.74) is 6.64. The molecule has 0 bridgehead atoms. The fourth-order valence-electron chi connectivity index (χ4n) is 1.31. The zero-order chi connectivity index (χ0) is 11.5. The van der Waals surface area contributed by atoms with E-state index in [-0.39, 0.29) is 0 Å². The summed E-state index contributed by atoms with van der Waals surface area (Å²) in [6.45, 7) is 1.98. The van der Waals surface area contributed by atoms with Crippen molar-refractivity contribution in [3.63, 3.8) is 0 Å². The lowest BCUT2D eigenvalue weighted by atomic mass is 10.2. The molecular weight excluding hydrogens is 224 g/mol. The molecule has 0 unspecified atom stereocenters. The van der Waals surface area contributed by atoms with Crippen LogP contribution in [-0.2, 0) is 0 Å². The Hall–Kier alpha value is -1.74. The molecule has 82 valence electrons. The van der Waals surface area contributed by atoms with Gasteiger partial charge < -0.3 is 10.5 Å². The summed E-state index contributed by atoms with van der Waals surface area (Å²) in [7, 11) is 0. The lowest BCUT2D eigenvalue weighted by Crippen LogP contribution is -1.91. The SMILES string of the molecule is Cc1ccc(Cl)c(Oc2ccnc(N)c2)c1. The third-order valence-corrected chi connectivity index (χ3v) is 2.38. The molecule has 2 aromatic rings. The molecule has 0 saturated carbocycles. The number of aromatic nitrogens is 1. The Balaban J connectivity index is 2.30. The number of hydrogen-bond donors (Lipinski definition) is 1. The van der Waals surface area contributed by atoms with E-state index in [1.807, 2.05) is 19.1 Å². The molecule has 0 aliphatic heterocycles. The number of aryl methyl sites for hydroxylation is 1. The first-order chi connectivity index (χ1) is 7.65. The van der Waals surface area contributed by atoms with Crippen LogP contribution in [0.4, 0.5) is 5.82 Å². The maximum atomic E-state index is 6.01. The summed E-state index contributed by atoms with van der Waals surface area (Å²) < 4.78 is 5.62. The van der Waals surface area contributed by atoms with Crippen LogP contribution < -0.4 is 10.5 Å². The Labute approximate surface area is 98.8 Å². The van der Waals surface area contributed by atoms with Gasteiger partial charge in [0.05, 0.1) is 5.02 Å². The highest BCUT2D eigenvalue weighted by atomic mass is 35.5. The van der Waals surface area contributed by atoms with Gasteiger partial charge in [-0.1, -0.05) is 17.7 Å². The van der Waals surface area contributed by atoms with Crippen molar-refractivity contribution in [2.24, 2.45) is 0 Å². The van der Waals surface area contributed by atoms with Gasteiger partial charge >= 0.3 is 0 Å². The topological polar surface area (TPSA) is 48.1 Å². The molecule has 0 radical (unpaired) electrons. The molecule has 1 aromatic carbocycles. The highest BCUT2D eigenvalue weighted by Crippen LogP contribution is 2.30. The van der Waals surface area contributed by atoms with Crippen LogP contribution in [0.3, 0.4) is 0 Å². The predicted molar refractivity (Wildman–Crippen MR) is 64.9 cm³/mol. The Morgan fingerprint density at radius 1 is 1.25 bits per heavy atom. The Kier molecular flexibility index (Phi) is 2.97. The first kappa shape index (κ1) is 10.8. The number of anilines is 1. The molecule has 2 rings (SSSR count). The van der Waals surface area contributed by atoms with E-state index >= 15 is 0 Å². The molecule has 3 nitrogen and oxygen atoms in total. The maximum Gasteiger partial charge on any atom is 0.146 e. The lowest BCUT2D eigenvalue weighted by Gasteiger charge is -2.08. The summed E-state index contributed by atoms with van der Waals surface area (Å²) in [6, 6.07) is 8.99.